The van der Waals surface area contributed by atoms with Crippen molar-refractivity contribution in [3.8, 4) is 5.75 Å². The van der Waals surface area contributed by atoms with E-state index in [4.69, 9.17) is 16.3 Å². The fraction of sp³-hybridized carbons (Fsp3) is 0.455. The van der Waals surface area contributed by atoms with Gasteiger partial charge in [0.05, 0.1) is 11.6 Å². The summed E-state index contributed by atoms with van der Waals surface area (Å²) in [5, 5.41) is 1.76. The van der Waals surface area contributed by atoms with Crippen molar-refractivity contribution in [2.24, 2.45) is 0 Å². The van der Waals surface area contributed by atoms with Crippen LogP contribution in [-0.4, -0.2) is 11.9 Å². The molecule has 0 heterocycles. The largest absolute Gasteiger partial charge is 0.492 e. The van der Waals surface area contributed by atoms with Gasteiger partial charge in [0.25, 0.3) is 0 Å². The van der Waals surface area contributed by atoms with Crippen LogP contribution < -0.4 is 4.74 Å². The zero-order valence-corrected chi connectivity index (χ0v) is 10.4. The first kappa shape index (κ1) is 11.9. The molecule has 0 radical (unpaired) electrons. The van der Waals surface area contributed by atoms with Crippen LogP contribution in [0, 0.1) is 0 Å². The monoisotopic (exact) mass is 276 g/mol. The molecule has 0 aliphatic carbocycles. The van der Waals surface area contributed by atoms with Gasteiger partial charge in [-0.1, -0.05) is 39.7 Å². The SMILES string of the molecule is Clc1ccccc1OCCCCCBr. The molecule has 1 aromatic rings. The Labute approximate surface area is 98.5 Å². The Morgan fingerprint density at radius 1 is 1.14 bits per heavy atom. The molecule has 0 saturated carbocycles. The fourth-order valence-electron chi connectivity index (χ4n) is 1.12. The number of halogens is 2. The minimum absolute atomic E-state index is 0.688. The summed E-state index contributed by atoms with van der Waals surface area (Å²) >= 11 is 9.33. The van der Waals surface area contributed by atoms with Crippen LogP contribution in [0.3, 0.4) is 0 Å². The van der Waals surface area contributed by atoms with Crippen molar-refractivity contribution in [3.63, 3.8) is 0 Å². The van der Waals surface area contributed by atoms with E-state index in [1.54, 1.807) is 0 Å². The quantitative estimate of drug-likeness (QED) is 0.557. The lowest BCUT2D eigenvalue weighted by Crippen LogP contribution is -1.97. The van der Waals surface area contributed by atoms with Crippen LogP contribution in [-0.2, 0) is 0 Å². The highest BCUT2D eigenvalue weighted by atomic mass is 79.9. The second kappa shape index (κ2) is 7.13. The summed E-state index contributed by atoms with van der Waals surface area (Å²) in [6, 6.07) is 7.57. The molecule has 0 atom stereocenters. The third kappa shape index (κ3) is 4.34. The Kier molecular flexibility index (Phi) is 6.04. The van der Waals surface area contributed by atoms with E-state index in [0.29, 0.717) is 5.02 Å². The van der Waals surface area contributed by atoms with Crippen molar-refractivity contribution in [3.05, 3.63) is 29.3 Å². The Morgan fingerprint density at radius 3 is 2.64 bits per heavy atom. The first-order valence-electron chi connectivity index (χ1n) is 4.78. The molecule has 1 nitrogen and oxygen atoms in total. The summed E-state index contributed by atoms with van der Waals surface area (Å²) in [6.07, 6.45) is 3.47. The first-order valence-corrected chi connectivity index (χ1v) is 6.28. The molecular formula is C11H14BrClO. The third-order valence-electron chi connectivity index (χ3n) is 1.87. The van der Waals surface area contributed by atoms with Gasteiger partial charge < -0.3 is 4.74 Å². The smallest absolute Gasteiger partial charge is 0.137 e. The molecule has 78 valence electrons. The van der Waals surface area contributed by atoms with Crippen LogP contribution in [0.4, 0.5) is 0 Å². The van der Waals surface area contributed by atoms with Crippen LogP contribution >= 0.6 is 27.5 Å². The molecule has 0 aromatic heterocycles. The van der Waals surface area contributed by atoms with Crippen LogP contribution in [0.15, 0.2) is 24.3 Å². The number of unbranched alkanes of at least 4 members (excludes halogenated alkanes) is 2. The molecule has 14 heavy (non-hydrogen) atoms. The Balaban J connectivity index is 2.21. The molecule has 0 unspecified atom stereocenters. The summed E-state index contributed by atoms with van der Waals surface area (Å²) < 4.78 is 5.54. The van der Waals surface area contributed by atoms with Crippen LogP contribution in [0.1, 0.15) is 19.3 Å². The van der Waals surface area contributed by atoms with Gasteiger partial charge >= 0.3 is 0 Å². The van der Waals surface area contributed by atoms with Crippen LogP contribution in [0.2, 0.25) is 5.02 Å². The third-order valence-corrected chi connectivity index (χ3v) is 2.75. The number of ether oxygens (including phenoxy) is 1. The Hall–Kier alpha value is -0.210. The normalized spacial score (nSPS) is 10.1. The van der Waals surface area contributed by atoms with Gasteiger partial charge in [-0.05, 0) is 31.4 Å². The van der Waals surface area contributed by atoms with E-state index in [2.05, 4.69) is 15.9 Å². The molecule has 0 bridgehead atoms. The first-order chi connectivity index (χ1) is 6.84. The molecular weight excluding hydrogens is 263 g/mol. The molecule has 1 rings (SSSR count). The molecule has 0 fully saturated rings. The molecule has 0 spiro atoms. The van der Waals surface area contributed by atoms with Crippen LogP contribution in [0.25, 0.3) is 0 Å². The molecule has 0 N–H and O–H groups in total. The van der Waals surface area contributed by atoms with Crippen molar-refractivity contribution >= 4 is 27.5 Å². The van der Waals surface area contributed by atoms with Crippen molar-refractivity contribution in [2.45, 2.75) is 19.3 Å². The topological polar surface area (TPSA) is 9.23 Å². The second-order valence-corrected chi connectivity index (χ2v) is 4.23. The highest BCUT2D eigenvalue weighted by Gasteiger charge is 1.98. The molecule has 0 aliphatic heterocycles. The van der Waals surface area contributed by atoms with E-state index < -0.39 is 0 Å². The summed E-state index contributed by atoms with van der Waals surface area (Å²) in [7, 11) is 0. The van der Waals surface area contributed by atoms with Crippen molar-refractivity contribution in [1.82, 2.24) is 0 Å². The lowest BCUT2D eigenvalue weighted by molar-refractivity contribution is 0.306. The lowest BCUT2D eigenvalue weighted by atomic mass is 10.3. The highest BCUT2D eigenvalue weighted by molar-refractivity contribution is 9.09. The number of benzene rings is 1. The zero-order chi connectivity index (χ0) is 10.2. The zero-order valence-electron chi connectivity index (χ0n) is 8.01. The van der Waals surface area contributed by atoms with Gasteiger partial charge in [-0.3, -0.25) is 0 Å². The number of hydrogen-bond acceptors (Lipinski definition) is 1. The minimum Gasteiger partial charge on any atom is -0.492 e. The van der Waals surface area contributed by atoms with Crippen LogP contribution in [0.5, 0.6) is 5.75 Å². The summed E-state index contributed by atoms with van der Waals surface area (Å²) in [5.41, 5.74) is 0. The van der Waals surface area contributed by atoms with E-state index in [1.807, 2.05) is 24.3 Å². The van der Waals surface area contributed by atoms with E-state index in [1.165, 1.54) is 12.8 Å². The maximum absolute atomic E-state index is 5.93. The molecule has 1 aromatic carbocycles. The number of hydrogen-bond donors (Lipinski definition) is 0. The predicted octanol–water partition coefficient (Wildman–Crippen LogP) is 4.28. The molecule has 0 saturated heterocycles. The number of para-hydroxylation sites is 1. The Morgan fingerprint density at radius 2 is 1.93 bits per heavy atom. The van der Waals surface area contributed by atoms with Crippen molar-refractivity contribution < 1.29 is 4.74 Å². The van der Waals surface area contributed by atoms with Gasteiger partial charge in [0.2, 0.25) is 0 Å². The summed E-state index contributed by atoms with van der Waals surface area (Å²) in [5.74, 6) is 0.785. The van der Waals surface area contributed by atoms with E-state index in [0.717, 1.165) is 24.1 Å². The lowest BCUT2D eigenvalue weighted by Gasteiger charge is -2.06. The second-order valence-electron chi connectivity index (χ2n) is 3.03. The Bertz CT molecular complexity index is 265. The van der Waals surface area contributed by atoms with Gasteiger partial charge in [-0.2, -0.15) is 0 Å². The molecule has 3 heteroatoms. The average molecular weight is 278 g/mol. The average Bonchev–Trinajstić information content (AvgIpc) is 2.20. The van der Waals surface area contributed by atoms with E-state index in [-0.39, 0.29) is 0 Å². The maximum atomic E-state index is 5.93. The van der Waals surface area contributed by atoms with Gasteiger partial charge in [-0.15, -0.1) is 0 Å². The van der Waals surface area contributed by atoms with Crippen molar-refractivity contribution in [2.75, 3.05) is 11.9 Å². The number of alkyl halides is 1. The molecule has 0 amide bonds. The number of rotatable bonds is 6. The van der Waals surface area contributed by atoms with Gasteiger partial charge in [0.1, 0.15) is 5.75 Å². The molecule has 0 aliphatic rings. The van der Waals surface area contributed by atoms with E-state index >= 15 is 0 Å². The standard InChI is InChI=1S/C11H14BrClO/c12-8-4-1-5-9-14-11-7-3-2-6-10(11)13/h2-3,6-7H,1,4-5,8-9H2. The van der Waals surface area contributed by atoms with Gasteiger partial charge in [0, 0.05) is 5.33 Å². The highest BCUT2D eigenvalue weighted by Crippen LogP contribution is 2.23. The van der Waals surface area contributed by atoms with Crippen molar-refractivity contribution in [1.29, 1.82) is 0 Å². The van der Waals surface area contributed by atoms with Gasteiger partial charge in [-0.25, -0.2) is 0 Å². The minimum atomic E-state index is 0.688. The predicted molar refractivity (Wildman–Crippen MR) is 64.6 cm³/mol. The summed E-state index contributed by atoms with van der Waals surface area (Å²) in [4.78, 5) is 0. The maximum Gasteiger partial charge on any atom is 0.137 e. The van der Waals surface area contributed by atoms with Gasteiger partial charge in [0.15, 0.2) is 0 Å². The summed E-state index contributed by atoms with van der Waals surface area (Å²) in [6.45, 7) is 0.747. The fourth-order valence-corrected chi connectivity index (χ4v) is 1.70. The van der Waals surface area contributed by atoms with E-state index in [9.17, 15) is 0 Å².